The zero-order valence-corrected chi connectivity index (χ0v) is 23.6. The molecule has 4 rings (SSSR count). The molecular formula is C27H27Cl2N3O6S. The van der Waals surface area contributed by atoms with Gasteiger partial charge in [-0.25, -0.2) is 8.42 Å². The Morgan fingerprint density at radius 2 is 1.67 bits per heavy atom. The largest absolute Gasteiger partial charge is 0.454 e. The van der Waals surface area contributed by atoms with Crippen LogP contribution in [0.25, 0.3) is 0 Å². The maximum atomic E-state index is 13.9. The predicted molar refractivity (Wildman–Crippen MR) is 150 cm³/mol. The average molecular weight is 593 g/mol. The lowest BCUT2D eigenvalue weighted by Gasteiger charge is -2.33. The number of hydrogen-bond acceptors (Lipinski definition) is 6. The first-order valence-electron chi connectivity index (χ1n) is 11.9. The molecule has 1 atom stereocenters. The monoisotopic (exact) mass is 591 g/mol. The lowest BCUT2D eigenvalue weighted by Crippen LogP contribution is -2.52. The van der Waals surface area contributed by atoms with Gasteiger partial charge in [0.15, 0.2) is 11.5 Å². The molecule has 0 aliphatic carbocycles. The minimum atomic E-state index is -3.91. The van der Waals surface area contributed by atoms with E-state index in [1.807, 2.05) is 30.3 Å². The van der Waals surface area contributed by atoms with E-state index in [2.05, 4.69) is 5.32 Å². The Hall–Kier alpha value is -3.47. The van der Waals surface area contributed by atoms with Crippen molar-refractivity contribution in [2.24, 2.45) is 0 Å². The molecule has 0 spiro atoms. The fraction of sp³-hybridized carbons (Fsp3) is 0.259. The number of hydrogen-bond donors (Lipinski definition) is 1. The molecule has 12 heteroatoms. The number of carbonyl (C=O) groups is 2. The number of anilines is 1. The zero-order valence-electron chi connectivity index (χ0n) is 21.3. The van der Waals surface area contributed by atoms with E-state index in [9.17, 15) is 18.0 Å². The second-order valence-electron chi connectivity index (χ2n) is 8.90. The number of rotatable bonds is 10. The number of carbonyl (C=O) groups excluding carboxylic acids is 2. The molecule has 9 nitrogen and oxygen atoms in total. The van der Waals surface area contributed by atoms with E-state index < -0.39 is 34.4 Å². The summed E-state index contributed by atoms with van der Waals surface area (Å²) in [5.41, 5.74) is 1.67. The molecule has 3 aromatic carbocycles. The van der Waals surface area contributed by atoms with Gasteiger partial charge in [0.1, 0.15) is 12.6 Å². The van der Waals surface area contributed by atoms with E-state index in [-0.39, 0.29) is 25.4 Å². The van der Waals surface area contributed by atoms with Crippen LogP contribution in [0.1, 0.15) is 11.1 Å². The summed E-state index contributed by atoms with van der Waals surface area (Å²) in [7, 11) is -2.43. The van der Waals surface area contributed by atoms with Crippen molar-refractivity contribution in [3.05, 3.63) is 87.9 Å². The van der Waals surface area contributed by atoms with Crippen LogP contribution in [0, 0.1) is 0 Å². The van der Waals surface area contributed by atoms with E-state index in [1.54, 1.807) is 24.3 Å². The van der Waals surface area contributed by atoms with E-state index >= 15 is 0 Å². The first kappa shape index (κ1) is 28.5. The van der Waals surface area contributed by atoms with Crippen LogP contribution in [0.2, 0.25) is 10.0 Å². The molecule has 0 bridgehead atoms. The number of halogens is 2. The molecule has 39 heavy (non-hydrogen) atoms. The van der Waals surface area contributed by atoms with Gasteiger partial charge in [-0.1, -0.05) is 59.6 Å². The van der Waals surface area contributed by atoms with Crippen LogP contribution in [-0.4, -0.2) is 57.8 Å². The lowest BCUT2D eigenvalue weighted by atomic mass is 10.0. The fourth-order valence-corrected chi connectivity index (χ4v) is 5.37. The van der Waals surface area contributed by atoms with Crippen molar-refractivity contribution in [2.45, 2.75) is 19.0 Å². The summed E-state index contributed by atoms with van der Waals surface area (Å²) in [4.78, 5) is 28.4. The summed E-state index contributed by atoms with van der Waals surface area (Å²) < 4.78 is 37.4. The molecule has 1 aliphatic heterocycles. The van der Waals surface area contributed by atoms with Crippen molar-refractivity contribution < 1.29 is 27.5 Å². The fourth-order valence-electron chi connectivity index (χ4n) is 4.21. The Bertz CT molecular complexity index is 1470. The second-order valence-corrected chi connectivity index (χ2v) is 11.6. The average Bonchev–Trinajstić information content (AvgIpc) is 3.38. The van der Waals surface area contributed by atoms with Gasteiger partial charge in [0, 0.05) is 26.1 Å². The molecule has 2 amide bonds. The lowest BCUT2D eigenvalue weighted by molar-refractivity contribution is -0.139. The Morgan fingerprint density at radius 1 is 0.949 bits per heavy atom. The number of ether oxygens (including phenoxy) is 2. The first-order chi connectivity index (χ1) is 18.6. The molecule has 206 valence electrons. The van der Waals surface area contributed by atoms with Crippen LogP contribution in [0.15, 0.2) is 66.7 Å². The maximum absolute atomic E-state index is 13.9. The first-order valence-corrected chi connectivity index (χ1v) is 14.5. The molecule has 1 heterocycles. The Labute approximate surface area is 237 Å². The standard InChI is InChI=1S/C27H27Cl2N3O6S/c1-30-27(34)23(13-18-6-4-3-5-7-18)31(15-19-8-10-21(28)22(29)12-19)26(33)16-32(39(2,35)36)20-9-11-24-25(14-20)38-17-37-24/h3-12,14,23H,13,15-17H2,1-2H3,(H,30,34)/t23-/m0/s1. The van der Waals surface area contributed by atoms with E-state index in [0.717, 1.165) is 16.1 Å². The maximum Gasteiger partial charge on any atom is 0.244 e. The van der Waals surface area contributed by atoms with Crippen LogP contribution in [0.4, 0.5) is 5.69 Å². The number of benzene rings is 3. The number of sulfonamides is 1. The van der Waals surface area contributed by atoms with Crippen molar-refractivity contribution in [1.29, 1.82) is 0 Å². The van der Waals surface area contributed by atoms with Gasteiger partial charge in [-0.05, 0) is 35.4 Å². The number of amides is 2. The molecule has 0 aromatic heterocycles. The van der Waals surface area contributed by atoms with E-state index in [0.29, 0.717) is 27.1 Å². The molecular weight excluding hydrogens is 565 g/mol. The van der Waals surface area contributed by atoms with E-state index in [1.165, 1.54) is 24.1 Å². The molecule has 0 unspecified atom stereocenters. The van der Waals surface area contributed by atoms with Crippen molar-refractivity contribution >= 4 is 50.7 Å². The summed E-state index contributed by atoms with van der Waals surface area (Å²) in [6.07, 6.45) is 1.21. The Kier molecular flexibility index (Phi) is 8.89. The normalized spacial score (nSPS) is 13.0. The summed E-state index contributed by atoms with van der Waals surface area (Å²) >= 11 is 12.3. The minimum Gasteiger partial charge on any atom is -0.454 e. The topological polar surface area (TPSA) is 105 Å². The van der Waals surface area contributed by atoms with Crippen LogP contribution in [0.3, 0.4) is 0 Å². The summed E-state index contributed by atoms with van der Waals surface area (Å²) in [6.45, 7) is -0.553. The molecule has 1 N–H and O–H groups in total. The Morgan fingerprint density at radius 3 is 2.33 bits per heavy atom. The van der Waals surface area contributed by atoms with Crippen molar-refractivity contribution in [3.8, 4) is 11.5 Å². The van der Waals surface area contributed by atoms with Crippen LogP contribution < -0.4 is 19.1 Å². The molecule has 1 aliphatic rings. The Balaban J connectivity index is 1.72. The van der Waals surface area contributed by atoms with Gasteiger partial charge in [-0.3, -0.25) is 13.9 Å². The smallest absolute Gasteiger partial charge is 0.244 e. The summed E-state index contributed by atoms with van der Waals surface area (Å²) in [6, 6.07) is 17.8. The van der Waals surface area contributed by atoms with Gasteiger partial charge in [0.05, 0.1) is 22.0 Å². The van der Waals surface area contributed by atoms with Crippen molar-refractivity contribution in [3.63, 3.8) is 0 Å². The van der Waals surface area contributed by atoms with E-state index in [4.69, 9.17) is 32.7 Å². The third-order valence-electron chi connectivity index (χ3n) is 6.18. The highest BCUT2D eigenvalue weighted by molar-refractivity contribution is 7.92. The molecule has 0 saturated carbocycles. The number of nitrogens with one attached hydrogen (secondary N) is 1. The SMILES string of the molecule is CNC(=O)[C@H](Cc1ccccc1)N(Cc1ccc(Cl)c(Cl)c1)C(=O)CN(c1ccc2c(c1)OCO2)S(C)(=O)=O. The molecule has 0 saturated heterocycles. The van der Waals surface area contributed by atoms with Gasteiger partial charge in [-0.15, -0.1) is 0 Å². The van der Waals surface area contributed by atoms with Gasteiger partial charge < -0.3 is 19.7 Å². The quantitative estimate of drug-likeness (QED) is 0.383. The number of nitrogens with zero attached hydrogens (tertiary/aromatic N) is 2. The minimum absolute atomic E-state index is 0.0145. The van der Waals surface area contributed by atoms with Crippen LogP contribution in [-0.2, 0) is 32.6 Å². The molecule has 0 fully saturated rings. The van der Waals surface area contributed by atoms with Crippen molar-refractivity contribution in [1.82, 2.24) is 10.2 Å². The van der Waals surface area contributed by atoms with Crippen LogP contribution >= 0.6 is 23.2 Å². The second kappa shape index (κ2) is 12.1. The van der Waals surface area contributed by atoms with Gasteiger partial charge in [-0.2, -0.15) is 0 Å². The van der Waals surface area contributed by atoms with Gasteiger partial charge in [0.2, 0.25) is 28.6 Å². The highest BCUT2D eigenvalue weighted by atomic mass is 35.5. The number of likely N-dealkylation sites (N-methyl/N-ethyl adjacent to an activating group) is 1. The third kappa shape index (κ3) is 6.95. The van der Waals surface area contributed by atoms with Gasteiger partial charge >= 0.3 is 0 Å². The molecule has 0 radical (unpaired) electrons. The summed E-state index contributed by atoms with van der Waals surface area (Å²) in [5, 5.41) is 3.26. The van der Waals surface area contributed by atoms with Gasteiger partial charge in [0.25, 0.3) is 0 Å². The predicted octanol–water partition coefficient (Wildman–Crippen LogP) is 3.87. The molecule has 3 aromatic rings. The third-order valence-corrected chi connectivity index (χ3v) is 8.06. The zero-order chi connectivity index (χ0) is 28.2. The summed E-state index contributed by atoms with van der Waals surface area (Å²) in [5.74, 6) is -0.147. The highest BCUT2D eigenvalue weighted by Gasteiger charge is 2.33. The highest BCUT2D eigenvalue weighted by Crippen LogP contribution is 2.36. The van der Waals surface area contributed by atoms with Crippen LogP contribution in [0.5, 0.6) is 11.5 Å². The van der Waals surface area contributed by atoms with Crippen molar-refractivity contribution in [2.75, 3.05) is 30.9 Å². The number of fused-ring (bicyclic) bond motifs is 1.